The van der Waals surface area contributed by atoms with E-state index in [9.17, 15) is 0 Å². The lowest BCUT2D eigenvalue weighted by atomic mass is 9.95. The fraction of sp³-hybridized carbons (Fsp3) is 0.417. The van der Waals surface area contributed by atoms with E-state index in [-0.39, 0.29) is 5.41 Å². The second-order valence-corrected chi connectivity index (χ2v) is 5.07. The van der Waals surface area contributed by atoms with E-state index in [1.54, 1.807) is 0 Å². The molecule has 1 aliphatic heterocycles. The van der Waals surface area contributed by atoms with Crippen molar-refractivity contribution in [2.24, 2.45) is 4.99 Å². The van der Waals surface area contributed by atoms with Gasteiger partial charge in [-0.2, -0.15) is 0 Å². The van der Waals surface area contributed by atoms with Crippen LogP contribution in [0.4, 0.5) is 0 Å². The smallest absolute Gasteiger partial charge is 0.107 e. The average molecular weight is 265 g/mol. The lowest BCUT2D eigenvalue weighted by Gasteiger charge is -2.17. The lowest BCUT2D eigenvalue weighted by Crippen LogP contribution is -2.31. The van der Waals surface area contributed by atoms with Crippen molar-refractivity contribution in [3.63, 3.8) is 0 Å². The number of rotatable bonds is 2. The van der Waals surface area contributed by atoms with Crippen molar-refractivity contribution in [3.8, 4) is 0 Å². The highest BCUT2D eigenvalue weighted by Gasteiger charge is 2.50. The van der Waals surface area contributed by atoms with Gasteiger partial charge in [0.05, 0.1) is 12.0 Å². The summed E-state index contributed by atoms with van der Waals surface area (Å²) in [5, 5.41) is 3.41. The predicted octanol–water partition coefficient (Wildman–Crippen LogP) is 2.48. The SMILES string of the molecule is Brc1ccccc1C1(C2=NCCN2)CC1. The van der Waals surface area contributed by atoms with E-state index < -0.39 is 0 Å². The highest BCUT2D eigenvalue weighted by Crippen LogP contribution is 2.51. The molecule has 0 amide bonds. The van der Waals surface area contributed by atoms with Crippen LogP contribution in [-0.4, -0.2) is 18.9 Å². The quantitative estimate of drug-likeness (QED) is 0.872. The fourth-order valence-corrected chi connectivity index (χ4v) is 2.99. The van der Waals surface area contributed by atoms with Crippen LogP contribution in [0.2, 0.25) is 0 Å². The molecule has 1 saturated carbocycles. The molecule has 15 heavy (non-hydrogen) atoms. The van der Waals surface area contributed by atoms with Crippen molar-refractivity contribution < 1.29 is 0 Å². The minimum absolute atomic E-state index is 0.205. The summed E-state index contributed by atoms with van der Waals surface area (Å²) in [6.45, 7) is 1.93. The molecule has 0 unspecified atom stereocenters. The Balaban J connectivity index is 2.03. The number of hydrogen-bond acceptors (Lipinski definition) is 2. The number of hydrogen-bond donors (Lipinski definition) is 1. The third-order valence-corrected chi connectivity index (χ3v) is 3.96. The first kappa shape index (κ1) is 9.40. The van der Waals surface area contributed by atoms with Gasteiger partial charge in [0.2, 0.25) is 0 Å². The predicted molar refractivity (Wildman–Crippen MR) is 65.4 cm³/mol. The zero-order valence-electron chi connectivity index (χ0n) is 8.46. The fourth-order valence-electron chi connectivity index (χ4n) is 2.33. The van der Waals surface area contributed by atoms with Gasteiger partial charge < -0.3 is 5.32 Å². The molecular weight excluding hydrogens is 252 g/mol. The first-order valence-electron chi connectivity index (χ1n) is 5.37. The Morgan fingerprint density at radius 3 is 2.67 bits per heavy atom. The maximum Gasteiger partial charge on any atom is 0.107 e. The summed E-state index contributed by atoms with van der Waals surface area (Å²) in [5.74, 6) is 1.20. The zero-order chi connectivity index (χ0) is 10.3. The first-order valence-corrected chi connectivity index (χ1v) is 6.16. The van der Waals surface area contributed by atoms with Crippen molar-refractivity contribution in [1.29, 1.82) is 0 Å². The molecule has 1 heterocycles. The lowest BCUT2D eigenvalue weighted by molar-refractivity contribution is 0.876. The highest BCUT2D eigenvalue weighted by atomic mass is 79.9. The van der Waals surface area contributed by atoms with Crippen LogP contribution in [0.3, 0.4) is 0 Å². The monoisotopic (exact) mass is 264 g/mol. The summed E-state index contributed by atoms with van der Waals surface area (Å²) in [6, 6.07) is 8.49. The maximum absolute atomic E-state index is 4.57. The van der Waals surface area contributed by atoms with Gasteiger partial charge in [-0.15, -0.1) is 0 Å². The summed E-state index contributed by atoms with van der Waals surface area (Å²) < 4.78 is 1.21. The summed E-state index contributed by atoms with van der Waals surface area (Å²) in [4.78, 5) is 4.57. The number of nitrogens with one attached hydrogen (secondary N) is 1. The molecule has 1 aliphatic carbocycles. The number of amidine groups is 1. The largest absolute Gasteiger partial charge is 0.371 e. The minimum atomic E-state index is 0.205. The highest BCUT2D eigenvalue weighted by molar-refractivity contribution is 9.10. The number of nitrogens with zero attached hydrogens (tertiary/aromatic N) is 1. The summed E-state index contributed by atoms with van der Waals surface area (Å²) in [5.41, 5.74) is 1.59. The molecule has 78 valence electrons. The van der Waals surface area contributed by atoms with Crippen molar-refractivity contribution in [2.75, 3.05) is 13.1 Å². The summed E-state index contributed by atoms with van der Waals surface area (Å²) in [6.07, 6.45) is 2.45. The Morgan fingerprint density at radius 2 is 2.07 bits per heavy atom. The van der Waals surface area contributed by atoms with E-state index in [0.717, 1.165) is 13.1 Å². The van der Waals surface area contributed by atoms with Gasteiger partial charge in [-0.05, 0) is 24.5 Å². The third-order valence-electron chi connectivity index (χ3n) is 3.27. The van der Waals surface area contributed by atoms with E-state index in [1.807, 2.05) is 0 Å². The first-order chi connectivity index (χ1) is 7.33. The molecule has 3 heteroatoms. The van der Waals surface area contributed by atoms with Gasteiger partial charge in [0, 0.05) is 11.0 Å². The summed E-state index contributed by atoms with van der Waals surface area (Å²) >= 11 is 3.64. The molecule has 3 rings (SSSR count). The van der Waals surface area contributed by atoms with Gasteiger partial charge in [-0.25, -0.2) is 0 Å². The van der Waals surface area contributed by atoms with Crippen LogP contribution in [0.25, 0.3) is 0 Å². The number of aliphatic imine (C=N–C) groups is 1. The molecule has 1 fully saturated rings. The topological polar surface area (TPSA) is 24.4 Å². The summed E-state index contributed by atoms with van der Waals surface area (Å²) in [7, 11) is 0. The molecular formula is C12H13BrN2. The zero-order valence-corrected chi connectivity index (χ0v) is 10.0. The number of halogens is 1. The normalized spacial score (nSPS) is 22.1. The molecule has 1 aromatic carbocycles. The Labute approximate surface area is 97.9 Å². The second-order valence-electron chi connectivity index (χ2n) is 4.22. The Kier molecular flexibility index (Phi) is 2.09. The Morgan fingerprint density at radius 1 is 1.27 bits per heavy atom. The van der Waals surface area contributed by atoms with Crippen LogP contribution in [0.1, 0.15) is 18.4 Å². The molecule has 2 nitrogen and oxygen atoms in total. The van der Waals surface area contributed by atoms with Crippen molar-refractivity contribution in [2.45, 2.75) is 18.3 Å². The standard InChI is InChI=1S/C12H13BrN2/c13-10-4-2-1-3-9(10)12(5-6-12)11-14-7-8-15-11/h1-4H,5-8H2,(H,14,15). The van der Waals surface area contributed by atoms with Gasteiger partial charge in [-0.1, -0.05) is 34.1 Å². The molecule has 1 N–H and O–H groups in total. The third kappa shape index (κ3) is 1.41. The van der Waals surface area contributed by atoms with Gasteiger partial charge in [0.25, 0.3) is 0 Å². The molecule has 0 saturated heterocycles. The van der Waals surface area contributed by atoms with E-state index in [4.69, 9.17) is 0 Å². The number of benzene rings is 1. The van der Waals surface area contributed by atoms with Crippen LogP contribution in [0.5, 0.6) is 0 Å². The minimum Gasteiger partial charge on any atom is -0.371 e. The van der Waals surface area contributed by atoms with Gasteiger partial charge in [0.15, 0.2) is 0 Å². The Hall–Kier alpha value is -0.830. The second kappa shape index (κ2) is 3.34. The van der Waals surface area contributed by atoms with E-state index in [2.05, 4.69) is 50.5 Å². The van der Waals surface area contributed by atoms with Crippen LogP contribution in [0, 0.1) is 0 Å². The van der Waals surface area contributed by atoms with E-state index in [1.165, 1.54) is 28.7 Å². The van der Waals surface area contributed by atoms with Crippen LogP contribution in [-0.2, 0) is 5.41 Å². The Bertz CT molecular complexity index is 421. The van der Waals surface area contributed by atoms with Gasteiger partial charge >= 0.3 is 0 Å². The molecule has 2 aliphatic rings. The van der Waals surface area contributed by atoms with E-state index >= 15 is 0 Å². The molecule has 0 bridgehead atoms. The maximum atomic E-state index is 4.57. The van der Waals surface area contributed by atoms with Crippen LogP contribution < -0.4 is 5.32 Å². The average Bonchev–Trinajstić information content (AvgIpc) is 2.87. The van der Waals surface area contributed by atoms with E-state index in [0.29, 0.717) is 0 Å². The van der Waals surface area contributed by atoms with Crippen LogP contribution >= 0.6 is 15.9 Å². The molecule has 0 radical (unpaired) electrons. The van der Waals surface area contributed by atoms with Crippen molar-refractivity contribution in [3.05, 3.63) is 34.3 Å². The van der Waals surface area contributed by atoms with Crippen molar-refractivity contribution in [1.82, 2.24) is 5.32 Å². The molecule has 0 spiro atoms. The van der Waals surface area contributed by atoms with Crippen molar-refractivity contribution >= 4 is 21.8 Å². The van der Waals surface area contributed by atoms with Gasteiger partial charge in [-0.3, -0.25) is 4.99 Å². The molecule has 0 atom stereocenters. The van der Waals surface area contributed by atoms with Gasteiger partial charge in [0.1, 0.15) is 5.84 Å². The molecule has 0 aromatic heterocycles. The van der Waals surface area contributed by atoms with Crippen LogP contribution in [0.15, 0.2) is 33.7 Å². The molecule has 1 aromatic rings.